The lowest BCUT2D eigenvalue weighted by molar-refractivity contribution is -0.141. The monoisotopic (exact) mass is 578 g/mol. The summed E-state index contributed by atoms with van der Waals surface area (Å²) in [4.78, 5) is 26.3. The van der Waals surface area contributed by atoms with Gasteiger partial charge in [-0.2, -0.15) is 13.2 Å². The number of hydrogen-bond donors (Lipinski definition) is 2. The second kappa shape index (κ2) is 14.0. The molecule has 0 radical (unpaired) electrons. The average molecular weight is 579 g/mol. The van der Waals surface area contributed by atoms with Gasteiger partial charge in [-0.1, -0.05) is 113 Å². The number of halogens is 3. The molecule has 0 aromatic heterocycles. The van der Waals surface area contributed by atoms with E-state index in [1.165, 1.54) is 0 Å². The number of carbonyl (C=O) groups excluding carboxylic acids is 2. The summed E-state index contributed by atoms with van der Waals surface area (Å²) in [6.07, 6.45) is 2.23. The van der Waals surface area contributed by atoms with E-state index in [0.717, 1.165) is 60.8 Å². The van der Waals surface area contributed by atoms with E-state index < -0.39 is 24.0 Å². The number of benzene rings is 3. The molecule has 42 heavy (non-hydrogen) atoms. The van der Waals surface area contributed by atoms with Gasteiger partial charge in [-0.25, -0.2) is 0 Å². The van der Waals surface area contributed by atoms with Crippen molar-refractivity contribution in [3.8, 4) is 11.1 Å². The maximum Gasteiger partial charge on any atom is 0.405 e. The van der Waals surface area contributed by atoms with Crippen LogP contribution in [0.4, 0.5) is 13.2 Å². The zero-order valence-corrected chi connectivity index (χ0v) is 24.5. The number of rotatable bonds is 14. The van der Waals surface area contributed by atoms with Crippen molar-refractivity contribution >= 4 is 11.8 Å². The summed E-state index contributed by atoms with van der Waals surface area (Å²) in [5.74, 6) is -0.269. The van der Waals surface area contributed by atoms with Crippen LogP contribution >= 0.6 is 0 Å². The van der Waals surface area contributed by atoms with Crippen LogP contribution in [0.5, 0.6) is 0 Å². The van der Waals surface area contributed by atoms with Gasteiger partial charge in [-0.15, -0.1) is 0 Å². The molecule has 0 saturated heterocycles. The molecule has 0 spiro atoms. The number of alkyl halides is 3. The van der Waals surface area contributed by atoms with Crippen LogP contribution in [0, 0.1) is 5.92 Å². The molecular formula is C35H41F3N2O2. The Morgan fingerprint density at radius 3 is 1.95 bits per heavy atom. The molecule has 3 aromatic carbocycles. The van der Waals surface area contributed by atoms with Crippen molar-refractivity contribution in [1.29, 1.82) is 0 Å². The van der Waals surface area contributed by atoms with Gasteiger partial charge in [0.15, 0.2) is 0 Å². The smallest absolute Gasteiger partial charge is 0.349 e. The van der Waals surface area contributed by atoms with Gasteiger partial charge in [-0.3, -0.25) is 9.59 Å². The van der Waals surface area contributed by atoms with Gasteiger partial charge in [-0.05, 0) is 59.6 Å². The van der Waals surface area contributed by atoms with Crippen LogP contribution in [0.2, 0.25) is 0 Å². The third-order valence-electron chi connectivity index (χ3n) is 8.41. The SMILES string of the molecule is CCC[C@@H](CCCC(C)CCCC1(C(=O)NCC(F)(F)F)c2ccccc2-c2ccccc21)NC(=O)c1ccccc1. The molecule has 0 saturated carbocycles. The predicted molar refractivity (Wildman–Crippen MR) is 161 cm³/mol. The Morgan fingerprint density at radius 2 is 1.36 bits per heavy atom. The minimum absolute atomic E-state index is 0.0478. The molecule has 7 heteroatoms. The van der Waals surface area contributed by atoms with Gasteiger partial charge >= 0.3 is 6.18 Å². The first-order chi connectivity index (χ1) is 20.2. The Labute approximate surface area is 247 Å². The lowest BCUT2D eigenvalue weighted by Gasteiger charge is -2.31. The summed E-state index contributed by atoms with van der Waals surface area (Å²) in [6, 6.07) is 24.5. The van der Waals surface area contributed by atoms with E-state index in [9.17, 15) is 22.8 Å². The van der Waals surface area contributed by atoms with E-state index in [1.54, 1.807) is 0 Å². The molecule has 0 aliphatic heterocycles. The molecule has 224 valence electrons. The Hall–Kier alpha value is -3.61. The number of nitrogens with one attached hydrogen (secondary N) is 2. The molecular weight excluding hydrogens is 537 g/mol. The lowest BCUT2D eigenvalue weighted by atomic mass is 9.73. The van der Waals surface area contributed by atoms with Crippen molar-refractivity contribution < 1.29 is 22.8 Å². The first-order valence-corrected chi connectivity index (χ1v) is 15.1. The molecule has 0 heterocycles. The molecule has 2 N–H and O–H groups in total. The van der Waals surface area contributed by atoms with E-state index in [4.69, 9.17) is 0 Å². The Balaban J connectivity index is 1.39. The van der Waals surface area contributed by atoms with Crippen LogP contribution in [0.3, 0.4) is 0 Å². The summed E-state index contributed by atoms with van der Waals surface area (Å²) in [7, 11) is 0. The maximum atomic E-state index is 13.7. The lowest BCUT2D eigenvalue weighted by Crippen LogP contribution is -2.47. The van der Waals surface area contributed by atoms with E-state index in [-0.39, 0.29) is 11.9 Å². The summed E-state index contributed by atoms with van der Waals surface area (Å²) in [6.45, 7) is 2.95. The highest BCUT2D eigenvalue weighted by molar-refractivity contribution is 6.00. The van der Waals surface area contributed by atoms with Crippen molar-refractivity contribution in [2.24, 2.45) is 5.92 Å². The molecule has 0 bridgehead atoms. The fraction of sp³-hybridized carbons (Fsp3) is 0.429. The second-order valence-electron chi connectivity index (χ2n) is 11.5. The number of carbonyl (C=O) groups is 2. The number of hydrogen-bond acceptors (Lipinski definition) is 2. The van der Waals surface area contributed by atoms with Crippen LogP contribution in [-0.2, 0) is 10.2 Å². The fourth-order valence-corrected chi connectivity index (χ4v) is 6.35. The predicted octanol–water partition coefficient (Wildman–Crippen LogP) is 8.21. The Bertz CT molecular complexity index is 1290. The van der Waals surface area contributed by atoms with Crippen molar-refractivity contribution in [1.82, 2.24) is 10.6 Å². The minimum atomic E-state index is -4.49. The van der Waals surface area contributed by atoms with Crippen LogP contribution in [0.1, 0.15) is 86.7 Å². The molecule has 4 rings (SSSR count). The quantitative estimate of drug-likeness (QED) is 0.203. The third-order valence-corrected chi connectivity index (χ3v) is 8.41. The van der Waals surface area contributed by atoms with Crippen molar-refractivity contribution in [2.45, 2.75) is 82.8 Å². The van der Waals surface area contributed by atoms with E-state index >= 15 is 0 Å². The van der Waals surface area contributed by atoms with Crippen molar-refractivity contribution in [2.75, 3.05) is 6.54 Å². The highest BCUT2D eigenvalue weighted by Gasteiger charge is 2.49. The van der Waals surface area contributed by atoms with Gasteiger partial charge < -0.3 is 10.6 Å². The summed E-state index contributed by atoms with van der Waals surface area (Å²) < 4.78 is 39.4. The van der Waals surface area contributed by atoms with E-state index in [0.29, 0.717) is 24.3 Å². The minimum Gasteiger partial charge on any atom is -0.349 e. The van der Waals surface area contributed by atoms with E-state index in [1.807, 2.05) is 78.9 Å². The normalized spacial score (nSPS) is 14.9. The largest absolute Gasteiger partial charge is 0.405 e. The van der Waals surface area contributed by atoms with Crippen LogP contribution in [0.25, 0.3) is 11.1 Å². The number of fused-ring (bicyclic) bond motifs is 3. The number of amides is 2. The maximum absolute atomic E-state index is 13.7. The molecule has 3 aromatic rings. The zero-order chi connectivity index (χ0) is 30.2. The van der Waals surface area contributed by atoms with Gasteiger partial charge in [0.25, 0.3) is 5.91 Å². The Morgan fingerprint density at radius 1 is 0.786 bits per heavy atom. The molecule has 4 nitrogen and oxygen atoms in total. The average Bonchev–Trinajstić information content (AvgIpc) is 3.27. The second-order valence-corrected chi connectivity index (χ2v) is 11.5. The molecule has 0 fully saturated rings. The Kier molecular flexibility index (Phi) is 10.5. The third kappa shape index (κ3) is 7.42. The topological polar surface area (TPSA) is 58.2 Å². The first-order valence-electron chi connectivity index (χ1n) is 15.1. The van der Waals surface area contributed by atoms with Crippen molar-refractivity contribution in [3.05, 3.63) is 95.6 Å². The molecule has 1 aliphatic carbocycles. The standard InChI is InChI=1S/C35H41F3N2O2/c1-3-13-27(40-32(41)26-16-5-4-6-17-26)18-11-14-25(2)15-12-23-34(33(42)39-24-35(36,37)38)30-21-9-7-19-28(30)29-20-8-10-22-31(29)34/h4-10,16-17,19-22,25,27H,3,11-15,18,23-24H2,1-2H3,(H,39,42)(H,40,41)/t25?,27-/m0/s1. The summed E-state index contributed by atoms with van der Waals surface area (Å²) in [5.41, 5.74) is 2.86. The van der Waals surface area contributed by atoms with E-state index in [2.05, 4.69) is 24.5 Å². The first kappa shape index (κ1) is 31.3. The highest BCUT2D eigenvalue weighted by atomic mass is 19.4. The van der Waals surface area contributed by atoms with Gasteiger partial charge in [0.2, 0.25) is 5.91 Å². The molecule has 2 amide bonds. The van der Waals surface area contributed by atoms with Crippen molar-refractivity contribution in [3.63, 3.8) is 0 Å². The van der Waals surface area contributed by atoms with Gasteiger partial charge in [0.05, 0.1) is 0 Å². The molecule has 1 aliphatic rings. The van der Waals surface area contributed by atoms with Gasteiger partial charge in [0, 0.05) is 11.6 Å². The summed E-state index contributed by atoms with van der Waals surface area (Å²) >= 11 is 0. The zero-order valence-electron chi connectivity index (χ0n) is 24.5. The molecule has 2 atom stereocenters. The summed E-state index contributed by atoms with van der Waals surface area (Å²) in [5, 5.41) is 5.40. The highest BCUT2D eigenvalue weighted by Crippen LogP contribution is 2.51. The molecule has 1 unspecified atom stereocenters. The fourth-order valence-electron chi connectivity index (χ4n) is 6.35. The van der Waals surface area contributed by atoms with Crippen LogP contribution in [-0.4, -0.2) is 30.6 Å². The van der Waals surface area contributed by atoms with Crippen LogP contribution < -0.4 is 10.6 Å². The van der Waals surface area contributed by atoms with Gasteiger partial charge in [0.1, 0.15) is 12.0 Å². The van der Waals surface area contributed by atoms with Crippen LogP contribution in [0.15, 0.2) is 78.9 Å².